The first-order chi connectivity index (χ1) is 17.5. The molecule has 0 atom stereocenters. The summed E-state index contributed by atoms with van der Waals surface area (Å²) in [6, 6.07) is 15.7. The van der Waals surface area contributed by atoms with Crippen molar-refractivity contribution in [3.8, 4) is 0 Å². The number of para-hydroxylation sites is 2. The lowest BCUT2D eigenvalue weighted by atomic mass is 10.0. The van der Waals surface area contributed by atoms with E-state index in [-0.39, 0.29) is 17.8 Å². The average molecular weight is 491 g/mol. The molecule has 36 heavy (non-hydrogen) atoms. The van der Waals surface area contributed by atoms with Crippen LogP contribution in [0.3, 0.4) is 0 Å². The fraction of sp³-hybridized carbons (Fsp3) is 0.308. The normalized spacial score (nSPS) is 14.4. The minimum Gasteiger partial charge on any atom is -0.386 e. The molecule has 1 N–H and O–H groups in total. The maximum absolute atomic E-state index is 13.4. The second-order valence-electron chi connectivity index (χ2n) is 8.91. The van der Waals surface area contributed by atoms with Gasteiger partial charge in [-0.05, 0) is 42.7 Å². The number of carbonyl (C=O) groups excluding carboxylic acids is 1. The highest BCUT2D eigenvalue weighted by atomic mass is 19.1. The fourth-order valence-corrected chi connectivity index (χ4v) is 4.80. The molecule has 186 valence electrons. The van der Waals surface area contributed by atoms with E-state index in [4.69, 9.17) is 4.98 Å². The predicted molar refractivity (Wildman–Crippen MR) is 135 cm³/mol. The van der Waals surface area contributed by atoms with Crippen molar-refractivity contribution >= 4 is 28.8 Å². The zero-order valence-electron chi connectivity index (χ0n) is 19.9. The van der Waals surface area contributed by atoms with Gasteiger partial charge in [0.2, 0.25) is 11.9 Å². The van der Waals surface area contributed by atoms with Gasteiger partial charge in [0.15, 0.2) is 0 Å². The summed E-state index contributed by atoms with van der Waals surface area (Å²) in [5, 5.41) is 9.31. The molecule has 0 radical (unpaired) electrons. The molecule has 4 aromatic rings. The summed E-state index contributed by atoms with van der Waals surface area (Å²) >= 11 is 0. The van der Waals surface area contributed by atoms with Crippen LogP contribution in [0, 0.1) is 5.82 Å². The van der Waals surface area contributed by atoms with Crippen molar-refractivity contribution in [2.24, 2.45) is 0 Å². The van der Waals surface area contributed by atoms with Crippen molar-refractivity contribution in [3.63, 3.8) is 0 Å². The first-order valence-electron chi connectivity index (χ1n) is 11.9. The maximum atomic E-state index is 13.4. The fourth-order valence-electron chi connectivity index (χ4n) is 4.80. The van der Waals surface area contributed by atoms with Gasteiger partial charge >= 0.3 is 0 Å². The first-order valence-corrected chi connectivity index (χ1v) is 11.9. The number of hydrogen-bond donors (Lipinski definition) is 1. The number of rotatable bonds is 6. The minimum absolute atomic E-state index is 0.0446. The third-order valence-electron chi connectivity index (χ3n) is 6.71. The molecule has 2 aromatic carbocycles. The molecule has 0 unspecified atom stereocenters. The average Bonchev–Trinajstić information content (AvgIpc) is 3.27. The predicted octanol–water partition coefficient (Wildman–Crippen LogP) is 2.52. The Bertz CT molecular complexity index is 1440. The van der Waals surface area contributed by atoms with Crippen molar-refractivity contribution in [1.82, 2.24) is 19.1 Å². The molecule has 1 aliphatic heterocycles. The number of nitrogens with zero attached hydrogens (tertiary/aromatic N) is 6. The molecule has 0 aliphatic carbocycles. The van der Waals surface area contributed by atoms with E-state index in [1.165, 1.54) is 24.4 Å². The summed E-state index contributed by atoms with van der Waals surface area (Å²) in [5.41, 5.74) is 2.37. The van der Waals surface area contributed by atoms with Crippen LogP contribution in [0.5, 0.6) is 0 Å². The third-order valence-corrected chi connectivity index (χ3v) is 6.71. The van der Waals surface area contributed by atoms with Crippen molar-refractivity contribution < 1.29 is 14.3 Å². The molecule has 0 amide bonds. The Morgan fingerprint density at radius 3 is 2.56 bits per heavy atom. The first kappa shape index (κ1) is 23.7. The summed E-state index contributed by atoms with van der Waals surface area (Å²) in [6.07, 6.45) is 2.89. The summed E-state index contributed by atoms with van der Waals surface area (Å²) in [4.78, 5) is 37.7. The maximum Gasteiger partial charge on any atom is 0.262 e. The number of aliphatic hydroxyl groups is 1. The van der Waals surface area contributed by atoms with Gasteiger partial charge in [0, 0.05) is 38.4 Å². The van der Waals surface area contributed by atoms with Crippen LogP contribution in [-0.2, 0) is 6.54 Å². The van der Waals surface area contributed by atoms with Crippen LogP contribution < -0.4 is 15.4 Å². The van der Waals surface area contributed by atoms with Crippen LogP contribution in [0.25, 0.3) is 11.0 Å². The third kappa shape index (κ3) is 4.47. The van der Waals surface area contributed by atoms with E-state index in [1.807, 2.05) is 36.2 Å². The second kappa shape index (κ2) is 9.90. The standard InChI is InChI=1S/C26H27FN6O3/c1-30(25-28-13-10-23(35)33(25)24(36)17-34)20-11-14-31(15-12-20)26-29-21-4-2-3-5-22(21)32(26)16-18-6-8-19(27)9-7-18/h2-10,13,20,34H,11-12,14-17H2,1H3. The van der Waals surface area contributed by atoms with Crippen LogP contribution in [0.4, 0.5) is 16.3 Å². The number of carbonyl (C=O) groups is 1. The number of piperidine rings is 1. The number of benzene rings is 2. The Labute approximate surface area is 207 Å². The van der Waals surface area contributed by atoms with Crippen molar-refractivity contribution in [1.29, 1.82) is 0 Å². The summed E-state index contributed by atoms with van der Waals surface area (Å²) in [5.74, 6) is 0.108. The molecular formula is C26H27FN6O3. The number of halogens is 1. The molecular weight excluding hydrogens is 463 g/mol. The van der Waals surface area contributed by atoms with Crippen molar-refractivity contribution in [2.45, 2.75) is 25.4 Å². The minimum atomic E-state index is -0.769. The van der Waals surface area contributed by atoms with E-state index >= 15 is 0 Å². The largest absolute Gasteiger partial charge is 0.386 e. The number of imidazole rings is 1. The van der Waals surface area contributed by atoms with Gasteiger partial charge in [0.05, 0.1) is 17.6 Å². The van der Waals surface area contributed by atoms with Gasteiger partial charge in [-0.2, -0.15) is 0 Å². The lowest BCUT2D eigenvalue weighted by molar-refractivity contribution is 0.0814. The summed E-state index contributed by atoms with van der Waals surface area (Å²) in [6.45, 7) is 1.23. The van der Waals surface area contributed by atoms with E-state index in [1.54, 1.807) is 12.1 Å². The van der Waals surface area contributed by atoms with E-state index in [2.05, 4.69) is 14.5 Å². The number of aliphatic hydroxyl groups excluding tert-OH is 1. The molecule has 1 fully saturated rings. The van der Waals surface area contributed by atoms with E-state index in [0.29, 0.717) is 19.6 Å². The highest BCUT2D eigenvalue weighted by molar-refractivity contribution is 5.82. The Balaban J connectivity index is 1.38. The lowest BCUT2D eigenvalue weighted by Crippen LogP contribution is -2.46. The van der Waals surface area contributed by atoms with Crippen LogP contribution in [0.1, 0.15) is 23.2 Å². The molecule has 1 aliphatic rings. The molecule has 1 saturated heterocycles. The molecule has 0 saturated carbocycles. The van der Waals surface area contributed by atoms with Gasteiger partial charge in [-0.25, -0.2) is 18.9 Å². The zero-order valence-corrected chi connectivity index (χ0v) is 19.9. The van der Waals surface area contributed by atoms with Crippen LogP contribution in [0.2, 0.25) is 0 Å². The quantitative estimate of drug-likeness (QED) is 0.444. The SMILES string of the molecule is CN(c1nccc(=O)n1C(=O)CO)C1CCN(c2nc3ccccc3n2Cc2ccc(F)cc2)CC1. The van der Waals surface area contributed by atoms with Crippen LogP contribution >= 0.6 is 0 Å². The smallest absolute Gasteiger partial charge is 0.262 e. The van der Waals surface area contributed by atoms with Crippen LogP contribution in [-0.4, -0.2) is 62.9 Å². The van der Waals surface area contributed by atoms with E-state index < -0.39 is 18.1 Å². The molecule has 0 spiro atoms. The van der Waals surface area contributed by atoms with Crippen molar-refractivity contribution in [3.05, 3.63) is 82.5 Å². The highest BCUT2D eigenvalue weighted by Crippen LogP contribution is 2.28. The number of hydrogen-bond acceptors (Lipinski definition) is 7. The number of anilines is 2. The monoisotopic (exact) mass is 490 g/mol. The molecule has 2 aromatic heterocycles. The topological polar surface area (TPSA) is 96.5 Å². The van der Waals surface area contributed by atoms with Crippen molar-refractivity contribution in [2.75, 3.05) is 36.5 Å². The van der Waals surface area contributed by atoms with Crippen LogP contribution in [0.15, 0.2) is 65.6 Å². The molecule has 0 bridgehead atoms. The summed E-state index contributed by atoms with van der Waals surface area (Å²) in [7, 11) is 1.81. The highest BCUT2D eigenvalue weighted by Gasteiger charge is 2.28. The molecule has 10 heteroatoms. The van der Waals surface area contributed by atoms with Gasteiger partial charge < -0.3 is 19.5 Å². The Morgan fingerprint density at radius 1 is 1.11 bits per heavy atom. The van der Waals surface area contributed by atoms with Gasteiger partial charge in [0.25, 0.3) is 11.5 Å². The Hall–Kier alpha value is -4.05. The van der Waals surface area contributed by atoms with Gasteiger partial charge in [-0.15, -0.1) is 0 Å². The Morgan fingerprint density at radius 2 is 1.83 bits per heavy atom. The van der Waals surface area contributed by atoms with Gasteiger partial charge in [-0.1, -0.05) is 24.3 Å². The van der Waals surface area contributed by atoms with E-state index in [9.17, 15) is 19.1 Å². The van der Waals surface area contributed by atoms with Gasteiger partial charge in [-0.3, -0.25) is 9.59 Å². The zero-order chi connectivity index (χ0) is 25.2. The summed E-state index contributed by atoms with van der Waals surface area (Å²) < 4.78 is 16.5. The Kier molecular flexibility index (Phi) is 6.51. The van der Waals surface area contributed by atoms with E-state index in [0.717, 1.165) is 40.0 Å². The molecule has 9 nitrogen and oxygen atoms in total. The van der Waals surface area contributed by atoms with Gasteiger partial charge in [0.1, 0.15) is 12.4 Å². The lowest BCUT2D eigenvalue weighted by Gasteiger charge is -2.38. The second-order valence-corrected chi connectivity index (χ2v) is 8.91. The molecule has 3 heterocycles. The molecule has 5 rings (SSSR count). The number of fused-ring (bicyclic) bond motifs is 1. The number of aromatic nitrogens is 4.